The van der Waals surface area contributed by atoms with E-state index in [9.17, 15) is 14.0 Å². The first-order valence-corrected chi connectivity index (χ1v) is 10.2. The zero-order valence-corrected chi connectivity index (χ0v) is 16.7. The van der Waals surface area contributed by atoms with Gasteiger partial charge in [-0.05, 0) is 50.9 Å². The largest absolute Gasteiger partial charge is 0.326 e. The highest BCUT2D eigenvalue weighted by Crippen LogP contribution is 2.25. The van der Waals surface area contributed by atoms with Crippen LogP contribution in [0.25, 0.3) is 11.0 Å². The molecule has 1 aliphatic rings. The van der Waals surface area contributed by atoms with Crippen molar-refractivity contribution >= 4 is 16.8 Å². The van der Waals surface area contributed by atoms with Crippen molar-refractivity contribution in [3.63, 3.8) is 0 Å². The van der Waals surface area contributed by atoms with Crippen LogP contribution in [-0.2, 0) is 0 Å². The first-order valence-electron chi connectivity index (χ1n) is 10.2. The predicted octanol–water partition coefficient (Wildman–Crippen LogP) is 4.08. The summed E-state index contributed by atoms with van der Waals surface area (Å²) in [7, 11) is 0. The number of aryl methyl sites for hydroxylation is 1. The van der Waals surface area contributed by atoms with Crippen LogP contribution in [0.3, 0.4) is 0 Å². The van der Waals surface area contributed by atoms with Gasteiger partial charge in [0.1, 0.15) is 5.82 Å². The van der Waals surface area contributed by atoms with Crippen LogP contribution in [0.15, 0.2) is 47.3 Å². The molecule has 0 bridgehead atoms. The number of ketones is 1. The summed E-state index contributed by atoms with van der Waals surface area (Å²) in [6, 6.07) is 12.2. The van der Waals surface area contributed by atoms with Gasteiger partial charge in [0.15, 0.2) is 5.78 Å². The molecule has 3 aromatic rings. The third-order valence-electron chi connectivity index (χ3n) is 5.85. The van der Waals surface area contributed by atoms with Gasteiger partial charge < -0.3 is 9.88 Å². The van der Waals surface area contributed by atoms with Crippen molar-refractivity contribution < 1.29 is 9.18 Å². The maximum absolute atomic E-state index is 13.6. The number of nitrogens with zero attached hydrogens (tertiary/aromatic N) is 2. The summed E-state index contributed by atoms with van der Waals surface area (Å²) in [5.41, 5.74) is 3.07. The number of fused-ring (bicyclic) bond motifs is 1. The molecule has 1 N–H and O–H groups in total. The lowest BCUT2D eigenvalue weighted by atomic mass is 10.0. The lowest BCUT2D eigenvalue weighted by Gasteiger charge is -2.32. The van der Waals surface area contributed by atoms with Crippen molar-refractivity contribution in [3.05, 3.63) is 69.9 Å². The first kappa shape index (κ1) is 19.6. The molecule has 29 heavy (non-hydrogen) atoms. The van der Waals surface area contributed by atoms with E-state index in [1.807, 2.05) is 31.2 Å². The number of aromatic nitrogens is 2. The van der Waals surface area contributed by atoms with Crippen molar-refractivity contribution in [2.24, 2.45) is 0 Å². The SMILES string of the molecule is Cc1ccc(C(=O)CCCN2CCC(n3c(=O)[nH]c4ccc(F)cc43)CC2)cc1. The topological polar surface area (TPSA) is 58.1 Å². The normalized spacial score (nSPS) is 15.8. The molecular formula is C23H26FN3O2. The number of rotatable bonds is 6. The van der Waals surface area contributed by atoms with Gasteiger partial charge in [-0.15, -0.1) is 0 Å². The minimum Gasteiger partial charge on any atom is -0.306 e. The van der Waals surface area contributed by atoms with Crippen LogP contribution in [0.5, 0.6) is 0 Å². The second kappa shape index (κ2) is 8.33. The van der Waals surface area contributed by atoms with Crippen molar-refractivity contribution in [3.8, 4) is 0 Å². The number of carbonyl (C=O) groups excluding carboxylic acids is 1. The molecule has 1 aliphatic heterocycles. The highest BCUT2D eigenvalue weighted by Gasteiger charge is 2.23. The summed E-state index contributed by atoms with van der Waals surface area (Å²) >= 11 is 0. The Hall–Kier alpha value is -2.73. The van der Waals surface area contributed by atoms with E-state index >= 15 is 0 Å². The second-order valence-corrected chi connectivity index (χ2v) is 7.93. The average molecular weight is 395 g/mol. The van der Waals surface area contributed by atoms with Gasteiger partial charge in [-0.1, -0.05) is 29.8 Å². The first-order chi connectivity index (χ1) is 14.0. The van der Waals surface area contributed by atoms with Crippen LogP contribution < -0.4 is 5.69 Å². The molecule has 0 saturated carbocycles. The van der Waals surface area contributed by atoms with E-state index in [4.69, 9.17) is 0 Å². The number of aromatic amines is 1. The monoisotopic (exact) mass is 395 g/mol. The van der Waals surface area contributed by atoms with Crippen molar-refractivity contribution in [1.82, 2.24) is 14.5 Å². The summed E-state index contributed by atoms with van der Waals surface area (Å²) in [6.07, 6.45) is 3.06. The standard InChI is InChI=1S/C23H26FN3O2/c1-16-4-6-17(7-5-16)22(28)3-2-12-26-13-10-19(11-14-26)27-21-15-18(24)8-9-20(21)25-23(27)29/h4-9,15,19H,2-3,10-14H2,1H3,(H,25,29). The number of nitrogens with one attached hydrogen (secondary N) is 1. The molecule has 4 rings (SSSR count). The number of likely N-dealkylation sites (tertiary alicyclic amines) is 1. The number of piperidine rings is 1. The summed E-state index contributed by atoms with van der Waals surface area (Å²) in [5.74, 6) is -0.145. The number of hydrogen-bond acceptors (Lipinski definition) is 3. The smallest absolute Gasteiger partial charge is 0.306 e. The van der Waals surface area contributed by atoms with Gasteiger partial charge in [0, 0.05) is 31.1 Å². The molecule has 2 heterocycles. The van der Waals surface area contributed by atoms with E-state index in [1.54, 1.807) is 10.6 Å². The fourth-order valence-electron chi connectivity index (χ4n) is 4.21. The molecular weight excluding hydrogens is 369 g/mol. The molecule has 6 heteroatoms. The Morgan fingerprint density at radius 1 is 1.14 bits per heavy atom. The molecule has 1 aromatic heterocycles. The molecule has 1 saturated heterocycles. The number of hydrogen-bond donors (Lipinski definition) is 1. The van der Waals surface area contributed by atoms with Crippen LogP contribution >= 0.6 is 0 Å². The fourth-order valence-corrected chi connectivity index (χ4v) is 4.21. The van der Waals surface area contributed by atoms with E-state index in [0.29, 0.717) is 17.5 Å². The maximum Gasteiger partial charge on any atom is 0.326 e. The Morgan fingerprint density at radius 2 is 1.86 bits per heavy atom. The summed E-state index contributed by atoms with van der Waals surface area (Å²) in [4.78, 5) is 29.8. The van der Waals surface area contributed by atoms with Crippen molar-refractivity contribution in [2.45, 2.75) is 38.6 Å². The molecule has 152 valence electrons. The van der Waals surface area contributed by atoms with Gasteiger partial charge >= 0.3 is 5.69 Å². The fraction of sp³-hybridized carbons (Fsp3) is 0.391. The van der Waals surface area contributed by atoms with Gasteiger partial charge in [0.25, 0.3) is 0 Å². The average Bonchev–Trinajstić information content (AvgIpc) is 3.04. The number of carbonyl (C=O) groups is 1. The van der Waals surface area contributed by atoms with Crippen molar-refractivity contribution in [1.29, 1.82) is 0 Å². The molecule has 1 fully saturated rings. The van der Waals surface area contributed by atoms with Gasteiger partial charge in [0.05, 0.1) is 11.0 Å². The second-order valence-electron chi connectivity index (χ2n) is 7.93. The minimum absolute atomic E-state index is 0.0727. The minimum atomic E-state index is -0.332. The van der Waals surface area contributed by atoms with E-state index in [-0.39, 0.29) is 23.3 Å². The zero-order chi connectivity index (χ0) is 20.4. The third kappa shape index (κ3) is 4.32. The van der Waals surface area contributed by atoms with E-state index < -0.39 is 0 Å². The van der Waals surface area contributed by atoms with Gasteiger partial charge in [-0.3, -0.25) is 9.36 Å². The number of imidazole rings is 1. The van der Waals surface area contributed by atoms with Gasteiger partial charge in [-0.2, -0.15) is 0 Å². The Balaban J connectivity index is 1.30. The molecule has 2 aromatic carbocycles. The molecule has 5 nitrogen and oxygen atoms in total. The highest BCUT2D eigenvalue weighted by molar-refractivity contribution is 5.96. The molecule has 0 atom stereocenters. The number of halogens is 1. The summed E-state index contributed by atoms with van der Waals surface area (Å²) in [6.45, 7) is 4.64. The Bertz CT molecular complexity index is 1060. The Kier molecular flexibility index (Phi) is 5.62. The number of Topliss-reactive ketones (excluding diaryl/α,β-unsaturated/α-hetero) is 1. The third-order valence-corrected chi connectivity index (χ3v) is 5.85. The highest BCUT2D eigenvalue weighted by atomic mass is 19.1. The number of benzene rings is 2. The summed E-state index contributed by atoms with van der Waals surface area (Å²) < 4.78 is 15.3. The van der Waals surface area contributed by atoms with E-state index in [1.165, 1.54) is 12.1 Å². The van der Waals surface area contributed by atoms with Crippen LogP contribution in [0.4, 0.5) is 4.39 Å². The lowest BCUT2D eigenvalue weighted by Crippen LogP contribution is -2.37. The number of H-pyrrole nitrogens is 1. The Labute approximate surface area is 169 Å². The van der Waals surface area contributed by atoms with Crippen molar-refractivity contribution in [2.75, 3.05) is 19.6 Å². The molecule has 0 amide bonds. The van der Waals surface area contributed by atoms with Gasteiger partial charge in [0.2, 0.25) is 0 Å². The van der Waals surface area contributed by atoms with Crippen LogP contribution in [0.1, 0.15) is 47.6 Å². The Morgan fingerprint density at radius 3 is 2.59 bits per heavy atom. The van der Waals surface area contributed by atoms with Crippen LogP contribution in [0.2, 0.25) is 0 Å². The molecule has 0 spiro atoms. The molecule has 0 unspecified atom stereocenters. The molecule has 0 aliphatic carbocycles. The lowest BCUT2D eigenvalue weighted by molar-refractivity contribution is 0.0970. The van der Waals surface area contributed by atoms with Crippen LogP contribution in [0, 0.1) is 12.7 Å². The predicted molar refractivity (Wildman–Crippen MR) is 112 cm³/mol. The van der Waals surface area contributed by atoms with E-state index in [0.717, 1.165) is 50.0 Å². The summed E-state index contributed by atoms with van der Waals surface area (Å²) in [5, 5.41) is 0. The quantitative estimate of drug-likeness (QED) is 0.640. The maximum atomic E-state index is 13.6. The van der Waals surface area contributed by atoms with Crippen LogP contribution in [-0.4, -0.2) is 39.9 Å². The molecule has 0 radical (unpaired) electrons. The van der Waals surface area contributed by atoms with E-state index in [2.05, 4.69) is 9.88 Å². The zero-order valence-electron chi connectivity index (χ0n) is 16.7. The van der Waals surface area contributed by atoms with Gasteiger partial charge in [-0.25, -0.2) is 9.18 Å².